The molecule has 0 aromatic carbocycles. The molecule has 1 heterocycles. The minimum absolute atomic E-state index is 0.102. The molecular formula is C14H25N3O4. The van der Waals surface area contributed by atoms with E-state index in [9.17, 15) is 14.4 Å². The molecule has 1 aliphatic heterocycles. The predicted molar refractivity (Wildman–Crippen MR) is 77.8 cm³/mol. The molecule has 0 aromatic heterocycles. The summed E-state index contributed by atoms with van der Waals surface area (Å²) in [5.74, 6) is -0.971. The Labute approximate surface area is 125 Å². The van der Waals surface area contributed by atoms with Crippen LogP contribution in [0.1, 0.15) is 33.6 Å². The van der Waals surface area contributed by atoms with Gasteiger partial charge >= 0.3 is 12.0 Å². The highest BCUT2D eigenvalue weighted by Gasteiger charge is 2.42. The van der Waals surface area contributed by atoms with Gasteiger partial charge in [0.1, 0.15) is 6.04 Å². The van der Waals surface area contributed by atoms with E-state index in [-0.39, 0.29) is 11.8 Å². The second-order valence-corrected chi connectivity index (χ2v) is 6.28. The Morgan fingerprint density at radius 1 is 1.33 bits per heavy atom. The third-order valence-corrected chi connectivity index (χ3v) is 3.84. The molecule has 0 aliphatic carbocycles. The highest BCUT2D eigenvalue weighted by Crippen LogP contribution is 2.30. The number of aliphatic carboxylic acids is 1. The van der Waals surface area contributed by atoms with Gasteiger partial charge in [-0.15, -0.1) is 0 Å². The lowest BCUT2D eigenvalue weighted by atomic mass is 9.89. The molecular weight excluding hydrogens is 274 g/mol. The molecule has 0 radical (unpaired) electrons. The van der Waals surface area contributed by atoms with Crippen LogP contribution in [0.15, 0.2) is 0 Å². The number of urea groups is 1. The van der Waals surface area contributed by atoms with E-state index in [1.165, 1.54) is 4.90 Å². The number of rotatable bonds is 5. The van der Waals surface area contributed by atoms with Crippen LogP contribution in [-0.2, 0) is 9.59 Å². The number of nitrogens with one attached hydrogen (secondary N) is 2. The van der Waals surface area contributed by atoms with Crippen molar-refractivity contribution in [1.29, 1.82) is 0 Å². The zero-order chi connectivity index (χ0) is 16.2. The molecule has 0 spiro atoms. The van der Waals surface area contributed by atoms with E-state index in [1.807, 2.05) is 20.8 Å². The quantitative estimate of drug-likeness (QED) is 0.694. The summed E-state index contributed by atoms with van der Waals surface area (Å²) in [6.45, 7) is 6.36. The van der Waals surface area contributed by atoms with E-state index in [0.717, 1.165) is 0 Å². The van der Waals surface area contributed by atoms with E-state index in [2.05, 4.69) is 10.6 Å². The van der Waals surface area contributed by atoms with Crippen molar-refractivity contribution in [2.24, 2.45) is 11.3 Å². The van der Waals surface area contributed by atoms with Crippen LogP contribution < -0.4 is 10.6 Å². The number of hydrogen-bond donors (Lipinski definition) is 3. The predicted octanol–water partition coefficient (Wildman–Crippen LogP) is 0.653. The van der Waals surface area contributed by atoms with Crippen molar-refractivity contribution in [1.82, 2.24) is 15.5 Å². The molecule has 1 fully saturated rings. The van der Waals surface area contributed by atoms with Crippen LogP contribution >= 0.6 is 0 Å². The summed E-state index contributed by atoms with van der Waals surface area (Å²) in [5, 5.41) is 14.3. The Bertz CT molecular complexity index is 424. The van der Waals surface area contributed by atoms with Crippen molar-refractivity contribution >= 4 is 17.9 Å². The minimum atomic E-state index is -1.04. The first-order valence-corrected chi connectivity index (χ1v) is 7.20. The van der Waals surface area contributed by atoms with Gasteiger partial charge in [0, 0.05) is 20.1 Å². The van der Waals surface area contributed by atoms with Crippen molar-refractivity contribution in [2.75, 3.05) is 20.1 Å². The Kier molecular flexibility index (Phi) is 5.57. The lowest BCUT2D eigenvalue weighted by Gasteiger charge is -2.24. The first kappa shape index (κ1) is 17.3. The monoisotopic (exact) mass is 299 g/mol. The first-order chi connectivity index (χ1) is 9.69. The minimum Gasteiger partial charge on any atom is -0.480 e. The summed E-state index contributed by atoms with van der Waals surface area (Å²) in [6, 6.07) is -1.32. The van der Waals surface area contributed by atoms with Crippen molar-refractivity contribution < 1.29 is 19.5 Å². The Morgan fingerprint density at radius 3 is 2.43 bits per heavy atom. The molecule has 0 aromatic rings. The molecule has 7 heteroatoms. The van der Waals surface area contributed by atoms with Gasteiger partial charge in [-0.1, -0.05) is 13.8 Å². The van der Waals surface area contributed by atoms with Crippen LogP contribution in [0.2, 0.25) is 0 Å². The summed E-state index contributed by atoms with van der Waals surface area (Å²) in [7, 11) is 1.57. The topological polar surface area (TPSA) is 98.7 Å². The number of carboxylic acids is 1. The highest BCUT2D eigenvalue weighted by molar-refractivity contribution is 5.86. The van der Waals surface area contributed by atoms with Crippen LogP contribution in [0.3, 0.4) is 0 Å². The van der Waals surface area contributed by atoms with Gasteiger partial charge in [-0.3, -0.25) is 4.79 Å². The highest BCUT2D eigenvalue weighted by atomic mass is 16.4. The Balaban J connectivity index is 2.64. The number of nitrogens with zero attached hydrogens (tertiary/aromatic N) is 1. The van der Waals surface area contributed by atoms with Crippen molar-refractivity contribution in [3.05, 3.63) is 0 Å². The summed E-state index contributed by atoms with van der Waals surface area (Å²) in [4.78, 5) is 36.7. The second-order valence-electron chi connectivity index (χ2n) is 6.28. The van der Waals surface area contributed by atoms with Crippen molar-refractivity contribution in [2.45, 2.75) is 39.7 Å². The zero-order valence-electron chi connectivity index (χ0n) is 13.1. The molecule has 3 N–H and O–H groups in total. The molecule has 1 saturated heterocycles. The van der Waals surface area contributed by atoms with Crippen LogP contribution in [-0.4, -0.2) is 54.1 Å². The molecule has 120 valence electrons. The Hall–Kier alpha value is -1.79. The largest absolute Gasteiger partial charge is 0.480 e. The van der Waals surface area contributed by atoms with Gasteiger partial charge in [-0.05, 0) is 25.7 Å². The molecule has 1 rings (SSSR count). The molecule has 2 atom stereocenters. The van der Waals surface area contributed by atoms with Gasteiger partial charge in [0.2, 0.25) is 5.91 Å². The van der Waals surface area contributed by atoms with Crippen LogP contribution in [0.25, 0.3) is 0 Å². The summed E-state index contributed by atoms with van der Waals surface area (Å²) in [6.07, 6.45) is 0.948. The van der Waals surface area contributed by atoms with E-state index in [0.29, 0.717) is 25.9 Å². The fourth-order valence-electron chi connectivity index (χ4n) is 2.55. The average molecular weight is 299 g/mol. The molecule has 21 heavy (non-hydrogen) atoms. The van der Waals surface area contributed by atoms with Crippen molar-refractivity contribution in [3.63, 3.8) is 0 Å². The van der Waals surface area contributed by atoms with Crippen LogP contribution in [0, 0.1) is 11.3 Å². The van der Waals surface area contributed by atoms with Crippen LogP contribution in [0.4, 0.5) is 4.79 Å². The lowest BCUT2D eigenvalue weighted by molar-refractivity contribution is -0.139. The lowest BCUT2D eigenvalue weighted by Crippen LogP contribution is -2.49. The summed E-state index contributed by atoms with van der Waals surface area (Å²) in [5.41, 5.74) is -0.608. The second kappa shape index (κ2) is 6.78. The maximum atomic E-state index is 12.2. The maximum absolute atomic E-state index is 12.2. The third-order valence-electron chi connectivity index (χ3n) is 3.84. The summed E-state index contributed by atoms with van der Waals surface area (Å²) < 4.78 is 0. The maximum Gasteiger partial charge on any atom is 0.326 e. The molecule has 1 aliphatic rings. The number of carbonyl (C=O) groups excluding carboxylic acids is 2. The molecule has 7 nitrogen and oxygen atoms in total. The van der Waals surface area contributed by atoms with E-state index >= 15 is 0 Å². The molecule has 3 amide bonds. The van der Waals surface area contributed by atoms with Gasteiger partial charge in [-0.25, -0.2) is 9.59 Å². The number of likely N-dealkylation sites (tertiary alicyclic amines) is 1. The van der Waals surface area contributed by atoms with Gasteiger partial charge < -0.3 is 20.6 Å². The average Bonchev–Trinajstić information content (AvgIpc) is 2.80. The smallest absolute Gasteiger partial charge is 0.326 e. The summed E-state index contributed by atoms with van der Waals surface area (Å²) >= 11 is 0. The zero-order valence-corrected chi connectivity index (χ0v) is 13.1. The van der Waals surface area contributed by atoms with E-state index in [1.54, 1.807) is 7.05 Å². The SMILES string of the molecule is CNC(=O)C1(C)CCN(C(=O)NC(CC(C)C)C(=O)O)C1. The van der Waals surface area contributed by atoms with Crippen LogP contribution in [0.5, 0.6) is 0 Å². The molecule has 2 unspecified atom stereocenters. The standard InChI is InChI=1S/C14H25N3O4/c1-9(2)7-10(11(18)19)16-13(21)17-6-5-14(3,8-17)12(20)15-4/h9-10H,5-8H2,1-4H3,(H,15,20)(H,16,21)(H,18,19). The first-order valence-electron chi connectivity index (χ1n) is 7.20. The number of amides is 3. The van der Waals surface area contributed by atoms with E-state index < -0.39 is 23.5 Å². The van der Waals surface area contributed by atoms with Gasteiger partial charge in [-0.2, -0.15) is 0 Å². The van der Waals surface area contributed by atoms with Gasteiger partial charge in [0.25, 0.3) is 0 Å². The van der Waals surface area contributed by atoms with Gasteiger partial charge in [0.05, 0.1) is 5.41 Å². The van der Waals surface area contributed by atoms with E-state index in [4.69, 9.17) is 5.11 Å². The fraction of sp³-hybridized carbons (Fsp3) is 0.786. The number of hydrogen-bond acceptors (Lipinski definition) is 3. The third kappa shape index (κ3) is 4.34. The van der Waals surface area contributed by atoms with Crippen molar-refractivity contribution in [3.8, 4) is 0 Å². The molecule has 0 saturated carbocycles. The Morgan fingerprint density at radius 2 is 1.95 bits per heavy atom. The number of carboxylic acid groups (broad SMARTS) is 1. The number of carbonyl (C=O) groups is 3. The fourth-order valence-corrected chi connectivity index (χ4v) is 2.55. The molecule has 0 bridgehead atoms. The van der Waals surface area contributed by atoms with Gasteiger partial charge in [0.15, 0.2) is 0 Å². The normalized spacial score (nSPS) is 23.0.